The average molecular weight is 427 g/mol. The number of hydrogen-bond acceptors (Lipinski definition) is 6. The van der Waals surface area contributed by atoms with Crippen LogP contribution in [0.2, 0.25) is 0 Å². The van der Waals surface area contributed by atoms with Gasteiger partial charge in [0.2, 0.25) is 0 Å². The summed E-state index contributed by atoms with van der Waals surface area (Å²) in [6.07, 6.45) is 4.54. The van der Waals surface area contributed by atoms with Crippen molar-refractivity contribution in [3.8, 4) is 11.4 Å². The topological polar surface area (TPSA) is 94.3 Å². The Morgan fingerprint density at radius 3 is 2.81 bits per heavy atom. The van der Waals surface area contributed by atoms with Crippen LogP contribution in [0.4, 0.5) is 0 Å². The van der Waals surface area contributed by atoms with E-state index in [0.29, 0.717) is 23.4 Å². The molecule has 1 N–H and O–H groups in total. The number of carbonyl (C=O) groups excluding carboxylic acids is 1. The van der Waals surface area contributed by atoms with Gasteiger partial charge in [0.1, 0.15) is 6.61 Å². The lowest BCUT2D eigenvalue weighted by atomic mass is 9.86. The number of ether oxygens (including phenoxy) is 1. The highest BCUT2D eigenvalue weighted by molar-refractivity contribution is 6.08. The molecule has 4 aromatic rings. The van der Waals surface area contributed by atoms with Crippen LogP contribution in [-0.4, -0.2) is 25.6 Å². The van der Waals surface area contributed by atoms with E-state index in [-0.39, 0.29) is 18.6 Å². The van der Waals surface area contributed by atoms with Crippen molar-refractivity contribution in [3.05, 3.63) is 69.3 Å². The zero-order chi connectivity index (χ0) is 22.2. The van der Waals surface area contributed by atoms with Crippen LogP contribution in [0.1, 0.15) is 42.5 Å². The fraction of sp³-hybridized carbons (Fsp3) is 0.280. The van der Waals surface area contributed by atoms with Crippen LogP contribution < -0.4 is 5.56 Å². The van der Waals surface area contributed by atoms with Crippen molar-refractivity contribution >= 4 is 27.6 Å². The quantitative estimate of drug-likeness (QED) is 0.343. The average Bonchev–Trinajstić information content (AvgIpc) is 3.19. The molecule has 0 radical (unpaired) electrons. The molecule has 0 spiro atoms. The Morgan fingerprint density at radius 1 is 1.19 bits per heavy atom. The number of fused-ring (bicyclic) bond motifs is 7. The van der Waals surface area contributed by atoms with Gasteiger partial charge in [-0.05, 0) is 42.0 Å². The van der Waals surface area contributed by atoms with E-state index in [9.17, 15) is 14.7 Å². The van der Waals surface area contributed by atoms with Gasteiger partial charge < -0.3 is 14.4 Å². The van der Waals surface area contributed by atoms with Gasteiger partial charge in [-0.3, -0.25) is 9.78 Å². The lowest BCUT2D eigenvalue weighted by molar-refractivity contribution is -0.172. The highest BCUT2D eigenvalue weighted by Crippen LogP contribution is 2.41. The van der Waals surface area contributed by atoms with Gasteiger partial charge >= 0.3 is 5.97 Å². The Bertz CT molecular complexity index is 1540. The summed E-state index contributed by atoms with van der Waals surface area (Å²) in [7, 11) is 0. The number of aromatic nitrogens is 3. The van der Waals surface area contributed by atoms with Crippen molar-refractivity contribution in [2.24, 2.45) is 0 Å². The van der Waals surface area contributed by atoms with E-state index in [2.05, 4.69) is 11.9 Å². The van der Waals surface area contributed by atoms with E-state index in [0.717, 1.165) is 44.9 Å². The third-order valence-corrected chi connectivity index (χ3v) is 6.94. The molecule has 2 aliphatic rings. The Balaban J connectivity index is 1.69. The summed E-state index contributed by atoms with van der Waals surface area (Å²) in [6, 6.07) is 7.75. The Kier molecular flexibility index (Phi) is 3.86. The fourth-order valence-corrected chi connectivity index (χ4v) is 5.23. The molecule has 0 bridgehead atoms. The van der Waals surface area contributed by atoms with Gasteiger partial charge in [-0.2, -0.15) is 0 Å². The number of rotatable bonds is 2. The molecule has 0 aliphatic carbocycles. The van der Waals surface area contributed by atoms with Crippen LogP contribution >= 0.6 is 0 Å². The molecule has 32 heavy (non-hydrogen) atoms. The number of aliphatic hydroxyl groups is 1. The minimum atomic E-state index is -1.82. The Labute approximate surface area is 183 Å². The summed E-state index contributed by atoms with van der Waals surface area (Å²) in [5.74, 6) is -0.712. The first-order chi connectivity index (χ1) is 15.5. The molecular formula is C25H21N3O4. The highest BCUT2D eigenvalue weighted by atomic mass is 16.6. The minimum absolute atomic E-state index is 0.125. The molecule has 7 nitrogen and oxygen atoms in total. The number of pyridine rings is 3. The minimum Gasteiger partial charge on any atom is -0.458 e. The van der Waals surface area contributed by atoms with E-state index in [1.807, 2.05) is 24.4 Å². The maximum Gasteiger partial charge on any atom is 0.343 e. The van der Waals surface area contributed by atoms with Crippen LogP contribution in [0.3, 0.4) is 0 Å². The lowest BCUT2D eigenvalue weighted by Gasteiger charge is -2.31. The van der Waals surface area contributed by atoms with Crippen LogP contribution in [0.25, 0.3) is 33.1 Å². The van der Waals surface area contributed by atoms with E-state index in [1.165, 1.54) is 0 Å². The van der Waals surface area contributed by atoms with Crippen molar-refractivity contribution in [2.45, 2.75) is 45.4 Å². The summed E-state index contributed by atoms with van der Waals surface area (Å²) in [5.41, 5.74) is 3.00. The van der Waals surface area contributed by atoms with Gasteiger partial charge in [-0.1, -0.05) is 19.9 Å². The molecule has 6 rings (SSSR count). The first-order valence-corrected chi connectivity index (χ1v) is 10.8. The number of benzene rings is 1. The highest BCUT2D eigenvalue weighted by Gasteiger charge is 2.45. The van der Waals surface area contributed by atoms with Crippen molar-refractivity contribution in [2.75, 3.05) is 0 Å². The molecule has 1 aromatic carbocycles. The summed E-state index contributed by atoms with van der Waals surface area (Å²) in [6.45, 7) is 4.09. The van der Waals surface area contributed by atoms with Gasteiger partial charge in [-0.25, -0.2) is 9.78 Å². The second-order valence-corrected chi connectivity index (χ2v) is 8.43. The number of aryl methyl sites for hydroxylation is 1. The zero-order valence-electron chi connectivity index (χ0n) is 17.8. The molecule has 0 fully saturated rings. The van der Waals surface area contributed by atoms with E-state index >= 15 is 0 Å². The third-order valence-electron chi connectivity index (χ3n) is 6.94. The predicted octanol–water partition coefficient (Wildman–Crippen LogP) is 3.19. The molecule has 0 saturated carbocycles. The van der Waals surface area contributed by atoms with Crippen LogP contribution in [-0.2, 0) is 34.7 Å². The van der Waals surface area contributed by atoms with Crippen molar-refractivity contribution in [1.29, 1.82) is 0 Å². The number of esters is 1. The second-order valence-electron chi connectivity index (χ2n) is 8.43. The summed E-state index contributed by atoms with van der Waals surface area (Å²) in [5, 5.41) is 14.3. The van der Waals surface area contributed by atoms with Crippen molar-refractivity contribution in [3.63, 3.8) is 0 Å². The van der Waals surface area contributed by atoms with E-state index in [4.69, 9.17) is 9.72 Å². The largest absolute Gasteiger partial charge is 0.458 e. The number of hydrogen-bond donors (Lipinski definition) is 1. The van der Waals surface area contributed by atoms with Crippen molar-refractivity contribution < 1.29 is 14.6 Å². The maximum atomic E-state index is 13.4. The Hall–Kier alpha value is -3.58. The van der Waals surface area contributed by atoms with Gasteiger partial charge in [0, 0.05) is 34.3 Å². The van der Waals surface area contributed by atoms with Gasteiger partial charge in [0.15, 0.2) is 5.60 Å². The molecule has 3 aromatic heterocycles. The van der Waals surface area contributed by atoms with Crippen LogP contribution in [0, 0.1) is 0 Å². The molecule has 1 atom stereocenters. The fourth-order valence-electron chi connectivity index (χ4n) is 5.23. The molecular weight excluding hydrogens is 406 g/mol. The van der Waals surface area contributed by atoms with Gasteiger partial charge in [-0.15, -0.1) is 0 Å². The number of carbonyl (C=O) groups is 1. The number of nitrogens with zero attached hydrogens (tertiary/aromatic N) is 3. The molecule has 0 unspecified atom stereocenters. The molecule has 7 heteroatoms. The molecule has 160 valence electrons. The standard InChI is InChI=1S/C25H21N3O4/c1-3-14-16-11-28-20(9-18-17(23(28)29)12-32-24(30)25(18,31)4-2)22(16)27-19-6-5-13-10-26-8-7-15(13)21(14)19/h5-10,31H,3-4,11-12H2,1-2H3/t25-/m0/s1. The molecule has 0 amide bonds. The van der Waals surface area contributed by atoms with Gasteiger partial charge in [0.05, 0.1) is 29.0 Å². The molecule has 5 heterocycles. The summed E-state index contributed by atoms with van der Waals surface area (Å²) >= 11 is 0. The van der Waals surface area contributed by atoms with Crippen molar-refractivity contribution in [1.82, 2.24) is 14.5 Å². The first-order valence-electron chi connectivity index (χ1n) is 10.8. The lowest BCUT2D eigenvalue weighted by Crippen LogP contribution is -2.44. The molecule has 2 aliphatic heterocycles. The molecule has 0 saturated heterocycles. The third kappa shape index (κ3) is 2.29. The van der Waals surface area contributed by atoms with Crippen LogP contribution in [0.5, 0.6) is 0 Å². The first kappa shape index (κ1) is 19.1. The SMILES string of the molecule is CCc1c2c(nc3ccc4cnccc4c13)-c1cc3c(c(=O)n1C2)COC(=O)[C@]3(O)CC. The number of cyclic esters (lactones) is 1. The Morgan fingerprint density at radius 2 is 2.03 bits per heavy atom. The van der Waals surface area contributed by atoms with E-state index < -0.39 is 11.6 Å². The summed E-state index contributed by atoms with van der Waals surface area (Å²) in [4.78, 5) is 35.0. The smallest absolute Gasteiger partial charge is 0.343 e. The zero-order valence-corrected chi connectivity index (χ0v) is 17.8. The predicted molar refractivity (Wildman–Crippen MR) is 119 cm³/mol. The maximum absolute atomic E-state index is 13.4. The van der Waals surface area contributed by atoms with E-state index in [1.54, 1.807) is 23.8 Å². The normalized spacial score (nSPS) is 19.0. The monoisotopic (exact) mass is 427 g/mol. The summed E-state index contributed by atoms with van der Waals surface area (Å²) < 4.78 is 6.85. The second kappa shape index (κ2) is 6.46. The van der Waals surface area contributed by atoms with Crippen LogP contribution in [0.15, 0.2) is 41.5 Å². The van der Waals surface area contributed by atoms with Gasteiger partial charge in [0.25, 0.3) is 5.56 Å².